The summed E-state index contributed by atoms with van der Waals surface area (Å²) in [4.78, 5) is 54.6. The van der Waals surface area contributed by atoms with Crippen molar-refractivity contribution in [3.8, 4) is 0 Å². The summed E-state index contributed by atoms with van der Waals surface area (Å²) in [6.07, 6.45) is 0.722. The van der Waals surface area contributed by atoms with Crippen LogP contribution in [-0.4, -0.2) is 47.1 Å². The second-order valence-electron chi connectivity index (χ2n) is 8.17. The van der Waals surface area contributed by atoms with E-state index >= 15 is 0 Å². The molecule has 3 heterocycles. The molecule has 2 aliphatic heterocycles. The molecule has 2 aliphatic rings. The molecular formula is C23H25N3O5. The van der Waals surface area contributed by atoms with Crippen molar-refractivity contribution in [2.75, 3.05) is 16.8 Å². The van der Waals surface area contributed by atoms with Crippen molar-refractivity contribution in [2.24, 2.45) is 0 Å². The second-order valence-corrected chi connectivity index (χ2v) is 8.17. The van der Waals surface area contributed by atoms with Crippen molar-refractivity contribution >= 4 is 34.8 Å². The van der Waals surface area contributed by atoms with E-state index in [9.17, 15) is 19.2 Å². The Bertz CT molecular complexity index is 1120. The lowest BCUT2D eigenvalue weighted by Crippen LogP contribution is -2.43. The molecular weight excluding hydrogens is 398 g/mol. The minimum atomic E-state index is -1.04. The Morgan fingerprint density at radius 2 is 1.97 bits per heavy atom. The Balaban J connectivity index is 1.52. The molecule has 1 aromatic carbocycles. The van der Waals surface area contributed by atoms with Gasteiger partial charge in [0, 0.05) is 17.8 Å². The number of fused-ring (bicyclic) bond motifs is 3. The Kier molecular flexibility index (Phi) is 5.16. The van der Waals surface area contributed by atoms with Crippen LogP contribution in [0.4, 0.5) is 11.4 Å². The van der Waals surface area contributed by atoms with Crippen LogP contribution in [0.3, 0.4) is 0 Å². The number of rotatable bonds is 5. The van der Waals surface area contributed by atoms with E-state index in [1.807, 2.05) is 0 Å². The number of ketones is 2. The minimum absolute atomic E-state index is 0.0714. The zero-order chi connectivity index (χ0) is 22.4. The highest BCUT2D eigenvalue weighted by molar-refractivity contribution is 6.07. The fourth-order valence-electron chi connectivity index (χ4n) is 4.57. The SMILES string of the molecule is CC(=O)c1c(C)[nH]c(C(=O)[C@@H](C)OC(=O)c2ccc3c(c2)NC(=O)[C@H]2CCCN32)c1C. The van der Waals surface area contributed by atoms with Crippen molar-refractivity contribution in [2.45, 2.75) is 52.7 Å². The summed E-state index contributed by atoms with van der Waals surface area (Å²) in [6, 6.07) is 4.87. The quantitative estimate of drug-likeness (QED) is 0.565. The van der Waals surface area contributed by atoms with Gasteiger partial charge in [-0.25, -0.2) is 4.79 Å². The molecule has 31 heavy (non-hydrogen) atoms. The standard InChI is InChI=1S/C23H25N3O5/c1-11-19(13(3)27)12(2)24-20(11)21(28)14(4)31-23(30)15-7-8-17-16(10-15)25-22(29)18-6-5-9-26(17)18/h7-8,10,14,18,24H,5-6,9H2,1-4H3,(H,25,29)/t14-,18-/m1/s1. The molecule has 1 saturated heterocycles. The van der Waals surface area contributed by atoms with Gasteiger partial charge in [0.2, 0.25) is 11.7 Å². The first-order valence-electron chi connectivity index (χ1n) is 10.4. The molecule has 2 aromatic rings. The number of H-pyrrole nitrogens is 1. The van der Waals surface area contributed by atoms with Crippen LogP contribution >= 0.6 is 0 Å². The van der Waals surface area contributed by atoms with E-state index in [2.05, 4.69) is 15.2 Å². The van der Waals surface area contributed by atoms with Gasteiger partial charge in [-0.2, -0.15) is 0 Å². The van der Waals surface area contributed by atoms with Crippen LogP contribution in [0, 0.1) is 13.8 Å². The normalized spacial score (nSPS) is 18.1. The number of amides is 1. The van der Waals surface area contributed by atoms with Crippen molar-refractivity contribution in [1.29, 1.82) is 0 Å². The first-order valence-corrected chi connectivity index (χ1v) is 10.4. The highest BCUT2D eigenvalue weighted by atomic mass is 16.5. The number of ether oxygens (including phenoxy) is 1. The number of nitrogens with zero attached hydrogens (tertiary/aromatic N) is 1. The van der Waals surface area contributed by atoms with E-state index in [4.69, 9.17) is 4.74 Å². The number of carbonyl (C=O) groups is 4. The Morgan fingerprint density at radius 3 is 2.65 bits per heavy atom. The number of carbonyl (C=O) groups excluding carboxylic acids is 4. The predicted molar refractivity (Wildman–Crippen MR) is 115 cm³/mol. The molecule has 1 amide bonds. The Labute approximate surface area is 179 Å². The summed E-state index contributed by atoms with van der Waals surface area (Å²) in [5, 5.41) is 2.86. The van der Waals surface area contributed by atoms with Gasteiger partial charge < -0.3 is 19.9 Å². The highest BCUT2D eigenvalue weighted by Gasteiger charge is 2.36. The summed E-state index contributed by atoms with van der Waals surface area (Å²) < 4.78 is 5.40. The van der Waals surface area contributed by atoms with Gasteiger partial charge in [0.1, 0.15) is 6.04 Å². The zero-order valence-corrected chi connectivity index (χ0v) is 18.0. The van der Waals surface area contributed by atoms with Crippen molar-refractivity contribution in [1.82, 2.24) is 4.98 Å². The van der Waals surface area contributed by atoms with Crippen LogP contribution in [0.1, 0.15) is 69.2 Å². The monoisotopic (exact) mass is 423 g/mol. The number of hydrogen-bond donors (Lipinski definition) is 2. The van der Waals surface area contributed by atoms with Crippen LogP contribution in [0.5, 0.6) is 0 Å². The molecule has 8 nitrogen and oxygen atoms in total. The summed E-state index contributed by atoms with van der Waals surface area (Å²) in [7, 11) is 0. The fourth-order valence-corrected chi connectivity index (χ4v) is 4.57. The van der Waals surface area contributed by atoms with E-state index in [0.717, 1.165) is 25.1 Å². The zero-order valence-electron chi connectivity index (χ0n) is 18.0. The van der Waals surface area contributed by atoms with E-state index < -0.39 is 17.9 Å². The van der Waals surface area contributed by atoms with Gasteiger partial charge in [-0.05, 0) is 64.3 Å². The van der Waals surface area contributed by atoms with E-state index in [-0.39, 0.29) is 29.0 Å². The molecule has 0 spiro atoms. The van der Waals surface area contributed by atoms with Gasteiger partial charge in [-0.3, -0.25) is 14.4 Å². The molecule has 0 radical (unpaired) electrons. The molecule has 4 rings (SSSR count). The second kappa shape index (κ2) is 7.68. The largest absolute Gasteiger partial charge is 0.451 e. The van der Waals surface area contributed by atoms with Crippen molar-refractivity contribution < 1.29 is 23.9 Å². The molecule has 0 saturated carbocycles. The van der Waals surface area contributed by atoms with Gasteiger partial charge in [0.05, 0.1) is 22.6 Å². The average Bonchev–Trinajstić information content (AvgIpc) is 3.32. The fraction of sp³-hybridized carbons (Fsp3) is 0.391. The number of esters is 1. The van der Waals surface area contributed by atoms with Gasteiger partial charge in [0.15, 0.2) is 11.9 Å². The van der Waals surface area contributed by atoms with E-state index in [0.29, 0.717) is 22.5 Å². The predicted octanol–water partition coefficient (Wildman–Crippen LogP) is 3.18. The molecule has 2 atom stereocenters. The Morgan fingerprint density at radius 1 is 1.23 bits per heavy atom. The first kappa shape index (κ1) is 20.8. The number of anilines is 2. The maximum absolute atomic E-state index is 12.8. The van der Waals surface area contributed by atoms with Crippen molar-refractivity contribution in [3.63, 3.8) is 0 Å². The number of Topliss-reactive ketones (excluding diaryl/α,β-unsaturated/α-hetero) is 2. The number of aromatic amines is 1. The lowest BCUT2D eigenvalue weighted by molar-refractivity contribution is -0.117. The number of hydrogen-bond acceptors (Lipinski definition) is 6. The molecule has 1 aromatic heterocycles. The first-order chi connectivity index (χ1) is 14.7. The van der Waals surface area contributed by atoms with Crippen LogP contribution in [0.15, 0.2) is 18.2 Å². The molecule has 0 aliphatic carbocycles. The van der Waals surface area contributed by atoms with Crippen LogP contribution in [0.25, 0.3) is 0 Å². The van der Waals surface area contributed by atoms with Crippen LogP contribution in [-0.2, 0) is 9.53 Å². The summed E-state index contributed by atoms with van der Waals surface area (Å²) >= 11 is 0. The third kappa shape index (κ3) is 3.52. The molecule has 0 unspecified atom stereocenters. The van der Waals surface area contributed by atoms with Crippen LogP contribution < -0.4 is 10.2 Å². The highest BCUT2D eigenvalue weighted by Crippen LogP contribution is 2.37. The summed E-state index contributed by atoms with van der Waals surface area (Å²) in [6.45, 7) is 7.17. The smallest absolute Gasteiger partial charge is 0.338 e. The minimum Gasteiger partial charge on any atom is -0.451 e. The topological polar surface area (TPSA) is 109 Å². The summed E-state index contributed by atoms with van der Waals surface area (Å²) in [5.74, 6) is -1.27. The third-order valence-corrected chi connectivity index (χ3v) is 6.04. The van der Waals surface area contributed by atoms with Gasteiger partial charge in [-0.15, -0.1) is 0 Å². The van der Waals surface area contributed by atoms with Crippen LogP contribution in [0.2, 0.25) is 0 Å². The molecule has 8 heteroatoms. The van der Waals surface area contributed by atoms with E-state index in [1.54, 1.807) is 32.0 Å². The maximum atomic E-state index is 12.8. The number of aryl methyl sites for hydroxylation is 1. The number of aromatic nitrogens is 1. The van der Waals surface area contributed by atoms with E-state index in [1.165, 1.54) is 13.8 Å². The molecule has 2 N–H and O–H groups in total. The molecule has 162 valence electrons. The molecule has 0 bridgehead atoms. The summed E-state index contributed by atoms with van der Waals surface area (Å²) in [5.41, 5.74) is 3.61. The number of nitrogens with one attached hydrogen (secondary N) is 2. The lowest BCUT2D eigenvalue weighted by atomic mass is 10.0. The van der Waals surface area contributed by atoms with Crippen molar-refractivity contribution in [3.05, 3.63) is 46.3 Å². The van der Waals surface area contributed by atoms with Gasteiger partial charge >= 0.3 is 5.97 Å². The Hall–Kier alpha value is -3.42. The maximum Gasteiger partial charge on any atom is 0.338 e. The average molecular weight is 423 g/mol. The van der Waals surface area contributed by atoms with Gasteiger partial charge in [0.25, 0.3) is 0 Å². The lowest BCUT2D eigenvalue weighted by Gasteiger charge is -2.33. The molecule has 1 fully saturated rings. The van der Waals surface area contributed by atoms with Gasteiger partial charge in [-0.1, -0.05) is 0 Å². The third-order valence-electron chi connectivity index (χ3n) is 6.04. The number of benzene rings is 1.